The highest BCUT2D eigenvalue weighted by Crippen LogP contribution is 2.33. The van der Waals surface area contributed by atoms with Crippen LogP contribution in [0.2, 0.25) is 0 Å². The van der Waals surface area contributed by atoms with Crippen LogP contribution in [0.15, 0.2) is 24.3 Å². The zero-order valence-electron chi connectivity index (χ0n) is 12.6. The Morgan fingerprint density at radius 2 is 1.90 bits per heavy atom. The van der Waals surface area contributed by atoms with Gasteiger partial charge in [-0.05, 0) is 50.2 Å². The summed E-state index contributed by atoms with van der Waals surface area (Å²) in [5, 5.41) is 0. The quantitative estimate of drug-likeness (QED) is 0.648. The first-order valence-corrected chi connectivity index (χ1v) is 7.95. The second-order valence-electron chi connectivity index (χ2n) is 6.16. The van der Waals surface area contributed by atoms with Gasteiger partial charge in [0.1, 0.15) is 12.4 Å². The van der Waals surface area contributed by atoms with E-state index in [1.54, 1.807) is 19.1 Å². The molecule has 2 aliphatic rings. The van der Waals surface area contributed by atoms with E-state index in [4.69, 9.17) is 9.47 Å². The highest BCUT2D eigenvalue weighted by molar-refractivity contribution is 5.41. The molecule has 2 aliphatic carbocycles. The number of halogens is 1. The lowest BCUT2D eigenvalue weighted by Crippen LogP contribution is -2.03. The van der Waals surface area contributed by atoms with Crippen LogP contribution in [0.4, 0.5) is 4.39 Å². The smallest absolute Gasteiger partial charge is 0.171 e. The second kappa shape index (κ2) is 6.50. The maximum atomic E-state index is 14.2. The molecule has 0 atom stereocenters. The Morgan fingerprint density at radius 1 is 1.14 bits per heavy atom. The molecule has 0 spiro atoms. The Bertz CT molecular complexity index is 516. The number of hydrogen-bond donors (Lipinski definition) is 0. The third-order valence-corrected chi connectivity index (χ3v) is 4.15. The molecule has 1 aromatic rings. The Kier molecular flexibility index (Phi) is 4.47. The highest BCUT2D eigenvalue weighted by Gasteiger charge is 2.21. The molecular weight excluding hydrogens is 267 g/mol. The Morgan fingerprint density at radius 3 is 2.62 bits per heavy atom. The predicted octanol–water partition coefficient (Wildman–Crippen LogP) is 4.66. The van der Waals surface area contributed by atoms with Crippen molar-refractivity contribution < 1.29 is 13.9 Å². The molecule has 3 rings (SSSR count). The molecule has 0 heterocycles. The summed E-state index contributed by atoms with van der Waals surface area (Å²) in [7, 11) is 0. The number of hydrogen-bond acceptors (Lipinski definition) is 2. The van der Waals surface area contributed by atoms with Crippen LogP contribution in [0, 0.1) is 24.6 Å². The lowest BCUT2D eigenvalue weighted by Gasteiger charge is -2.12. The van der Waals surface area contributed by atoms with Gasteiger partial charge in [-0.3, -0.25) is 0 Å². The van der Waals surface area contributed by atoms with Gasteiger partial charge < -0.3 is 9.47 Å². The summed E-state index contributed by atoms with van der Waals surface area (Å²) < 4.78 is 25.4. The average Bonchev–Trinajstić information content (AvgIpc) is 3.35. The standard InChI is InChI=1S/C18H23FO2/c1-13-16(20-11-2-3-14-4-5-14)8-9-17(18(13)19)21-12-10-15-6-7-15/h2-3,8-9,14-15H,4-7,10-12H2,1H3/b3-2+. The van der Waals surface area contributed by atoms with Crippen LogP contribution in [-0.4, -0.2) is 13.2 Å². The van der Waals surface area contributed by atoms with Crippen LogP contribution in [-0.2, 0) is 0 Å². The molecule has 1 aromatic carbocycles. The van der Waals surface area contributed by atoms with Crippen molar-refractivity contribution in [3.05, 3.63) is 35.7 Å². The molecule has 0 amide bonds. The Balaban J connectivity index is 1.52. The van der Waals surface area contributed by atoms with Crippen LogP contribution in [0.5, 0.6) is 11.5 Å². The minimum absolute atomic E-state index is 0.297. The largest absolute Gasteiger partial charge is 0.490 e. The van der Waals surface area contributed by atoms with Crippen LogP contribution in [0.25, 0.3) is 0 Å². The van der Waals surface area contributed by atoms with Crippen LogP contribution in [0.3, 0.4) is 0 Å². The first-order valence-electron chi connectivity index (χ1n) is 7.95. The number of allylic oxidation sites excluding steroid dienone is 1. The first kappa shape index (κ1) is 14.4. The molecule has 0 radical (unpaired) electrons. The van der Waals surface area contributed by atoms with E-state index < -0.39 is 0 Å². The third kappa shape index (κ3) is 4.23. The number of benzene rings is 1. The van der Waals surface area contributed by atoms with E-state index in [-0.39, 0.29) is 5.82 Å². The van der Waals surface area contributed by atoms with E-state index in [0.29, 0.717) is 30.3 Å². The average molecular weight is 290 g/mol. The molecule has 2 nitrogen and oxygen atoms in total. The summed E-state index contributed by atoms with van der Waals surface area (Å²) in [4.78, 5) is 0. The maximum Gasteiger partial charge on any atom is 0.171 e. The summed E-state index contributed by atoms with van der Waals surface area (Å²) in [6, 6.07) is 3.48. The summed E-state index contributed by atoms with van der Waals surface area (Å²) in [5.74, 6) is 2.19. The van der Waals surface area contributed by atoms with Gasteiger partial charge in [-0.2, -0.15) is 0 Å². The van der Waals surface area contributed by atoms with Crippen molar-refractivity contribution in [3.63, 3.8) is 0 Å². The third-order valence-electron chi connectivity index (χ3n) is 4.15. The van der Waals surface area contributed by atoms with Gasteiger partial charge in [0.25, 0.3) is 0 Å². The topological polar surface area (TPSA) is 18.5 Å². The SMILES string of the molecule is Cc1c(OC/C=C/C2CC2)ccc(OCCC2CC2)c1F. The van der Waals surface area contributed by atoms with Crippen LogP contribution >= 0.6 is 0 Å². The van der Waals surface area contributed by atoms with E-state index in [9.17, 15) is 4.39 Å². The fraction of sp³-hybridized carbons (Fsp3) is 0.556. The Labute approximate surface area is 126 Å². The molecule has 114 valence electrons. The van der Waals surface area contributed by atoms with Gasteiger partial charge in [-0.15, -0.1) is 0 Å². The van der Waals surface area contributed by atoms with Crippen molar-refractivity contribution in [2.24, 2.45) is 11.8 Å². The van der Waals surface area contributed by atoms with Gasteiger partial charge in [-0.25, -0.2) is 4.39 Å². The highest BCUT2D eigenvalue weighted by atomic mass is 19.1. The molecular formula is C18H23FO2. The molecule has 0 aromatic heterocycles. The molecule has 3 heteroatoms. The van der Waals surface area contributed by atoms with Crippen LogP contribution < -0.4 is 9.47 Å². The van der Waals surface area contributed by atoms with Crippen molar-refractivity contribution in [2.45, 2.75) is 39.0 Å². The molecule has 0 saturated heterocycles. The molecule has 0 unspecified atom stereocenters. The summed E-state index contributed by atoms with van der Waals surface area (Å²) in [5.41, 5.74) is 0.527. The summed E-state index contributed by atoms with van der Waals surface area (Å²) >= 11 is 0. The van der Waals surface area contributed by atoms with E-state index in [2.05, 4.69) is 6.08 Å². The fourth-order valence-corrected chi connectivity index (χ4v) is 2.33. The minimum atomic E-state index is -0.297. The molecule has 2 saturated carbocycles. The van der Waals surface area contributed by atoms with Crippen molar-refractivity contribution in [1.82, 2.24) is 0 Å². The van der Waals surface area contributed by atoms with Crippen molar-refractivity contribution in [3.8, 4) is 11.5 Å². The van der Waals surface area contributed by atoms with Crippen LogP contribution in [0.1, 0.15) is 37.7 Å². The molecule has 0 N–H and O–H groups in total. The monoisotopic (exact) mass is 290 g/mol. The first-order chi connectivity index (χ1) is 10.2. The Hall–Kier alpha value is -1.51. The zero-order chi connectivity index (χ0) is 14.7. The maximum absolute atomic E-state index is 14.2. The van der Waals surface area contributed by atoms with Crippen molar-refractivity contribution in [2.75, 3.05) is 13.2 Å². The lowest BCUT2D eigenvalue weighted by atomic mass is 10.2. The van der Waals surface area contributed by atoms with Crippen molar-refractivity contribution >= 4 is 0 Å². The van der Waals surface area contributed by atoms with Gasteiger partial charge in [0, 0.05) is 5.56 Å². The molecule has 0 aliphatic heterocycles. The zero-order valence-corrected chi connectivity index (χ0v) is 12.6. The normalized spacial score (nSPS) is 18.2. The van der Waals surface area contributed by atoms with E-state index >= 15 is 0 Å². The fourth-order valence-electron chi connectivity index (χ4n) is 2.33. The molecule has 21 heavy (non-hydrogen) atoms. The van der Waals surface area contributed by atoms with Crippen molar-refractivity contribution in [1.29, 1.82) is 0 Å². The number of ether oxygens (including phenoxy) is 2. The van der Waals surface area contributed by atoms with E-state index in [1.807, 2.05) is 6.08 Å². The van der Waals surface area contributed by atoms with E-state index in [1.165, 1.54) is 25.7 Å². The second-order valence-corrected chi connectivity index (χ2v) is 6.16. The minimum Gasteiger partial charge on any atom is -0.490 e. The van der Waals surface area contributed by atoms with Gasteiger partial charge in [-0.1, -0.05) is 25.0 Å². The van der Waals surface area contributed by atoms with Gasteiger partial charge >= 0.3 is 0 Å². The molecule has 0 bridgehead atoms. The number of rotatable bonds is 8. The van der Waals surface area contributed by atoms with E-state index in [0.717, 1.165) is 18.3 Å². The summed E-state index contributed by atoms with van der Waals surface area (Å²) in [6.45, 7) is 2.84. The van der Waals surface area contributed by atoms with Gasteiger partial charge in [0.05, 0.1) is 6.61 Å². The lowest BCUT2D eigenvalue weighted by molar-refractivity contribution is 0.285. The van der Waals surface area contributed by atoms with Gasteiger partial charge in [0.15, 0.2) is 11.6 Å². The predicted molar refractivity (Wildman–Crippen MR) is 81.3 cm³/mol. The van der Waals surface area contributed by atoms with Gasteiger partial charge in [0.2, 0.25) is 0 Å². The summed E-state index contributed by atoms with van der Waals surface area (Å²) in [6.07, 6.45) is 10.4. The molecule has 2 fully saturated rings.